The number of nitrogens with one attached hydrogen (secondary N) is 2. The smallest absolute Gasteiger partial charge is 0.309 e. The number of hydrazone groups is 1. The molecule has 2 amide bonds. The first-order chi connectivity index (χ1) is 18.2. The van der Waals surface area contributed by atoms with E-state index in [0.29, 0.717) is 18.0 Å². The number of carbonyl (C=O) groups is 3. The van der Waals surface area contributed by atoms with E-state index in [1.807, 2.05) is 18.9 Å². The maximum absolute atomic E-state index is 13.3. The van der Waals surface area contributed by atoms with E-state index in [9.17, 15) is 22.8 Å². The van der Waals surface area contributed by atoms with Crippen molar-refractivity contribution < 1.29 is 22.8 Å². The Bertz CT molecular complexity index is 1160. The normalized spacial score (nSPS) is 21.3. The maximum Gasteiger partial charge on any atom is 0.309 e. The lowest BCUT2D eigenvalue weighted by Crippen LogP contribution is -2.54. The topological polar surface area (TPSA) is 128 Å². The average molecular weight is 600 g/mol. The molecule has 39 heavy (non-hydrogen) atoms. The van der Waals surface area contributed by atoms with Crippen LogP contribution in [0.3, 0.4) is 0 Å². The van der Waals surface area contributed by atoms with Crippen molar-refractivity contribution >= 4 is 57.0 Å². The number of hydrogen-bond acceptors (Lipinski definition) is 7. The van der Waals surface area contributed by atoms with Gasteiger partial charge in [-0.05, 0) is 50.7 Å². The van der Waals surface area contributed by atoms with Gasteiger partial charge in [-0.15, -0.1) is 17.5 Å². The number of aryl methyl sites for hydroxylation is 1. The fourth-order valence-electron chi connectivity index (χ4n) is 5.23. The number of hydrogen-bond donors (Lipinski definition) is 2. The molecule has 13 heteroatoms. The van der Waals surface area contributed by atoms with Crippen LogP contribution in [0.4, 0.5) is 0 Å². The van der Waals surface area contributed by atoms with Crippen LogP contribution in [-0.2, 0) is 24.4 Å². The molecule has 1 aliphatic carbocycles. The quantitative estimate of drug-likeness (QED) is 0.347. The van der Waals surface area contributed by atoms with Crippen LogP contribution in [0.5, 0.6) is 0 Å². The van der Waals surface area contributed by atoms with E-state index in [2.05, 4.69) is 15.8 Å². The molecule has 4 rings (SSSR count). The number of piperidine rings is 1. The predicted molar refractivity (Wildman–Crippen MR) is 154 cm³/mol. The summed E-state index contributed by atoms with van der Waals surface area (Å²) in [5.41, 5.74) is 3.34. The van der Waals surface area contributed by atoms with Crippen molar-refractivity contribution in [2.45, 2.75) is 62.8 Å². The monoisotopic (exact) mass is 599 g/mol. The Hall–Kier alpha value is -2.15. The second-order valence-electron chi connectivity index (χ2n) is 10.3. The third-order valence-corrected chi connectivity index (χ3v) is 10.6. The molecule has 2 N–H and O–H groups in total. The fraction of sp³-hybridized carbons (Fsp3) is 0.615. The molecule has 3 fully saturated rings. The number of amides is 2. The van der Waals surface area contributed by atoms with Gasteiger partial charge in [0.1, 0.15) is 6.04 Å². The summed E-state index contributed by atoms with van der Waals surface area (Å²) in [5, 5.41) is 7.60. The van der Waals surface area contributed by atoms with Gasteiger partial charge in [-0.1, -0.05) is 48.7 Å². The number of carbonyl (C=O) groups excluding carboxylic acids is 3. The van der Waals surface area contributed by atoms with E-state index in [1.54, 1.807) is 24.3 Å². The summed E-state index contributed by atoms with van der Waals surface area (Å²) in [5.74, 6) is -1.51. The number of halogens is 1. The first-order valence-corrected chi connectivity index (χ1v) is 15.7. The minimum atomic E-state index is -3.67. The largest absolute Gasteiger partial charge is 0.352 e. The minimum absolute atomic E-state index is 0. The summed E-state index contributed by atoms with van der Waals surface area (Å²) in [6, 6.07) is 5.69. The highest BCUT2D eigenvalue weighted by atomic mass is 35.5. The molecule has 0 spiro atoms. The lowest BCUT2D eigenvalue weighted by molar-refractivity contribution is -0.141. The van der Waals surface area contributed by atoms with Crippen LogP contribution in [0.1, 0.15) is 50.5 Å². The van der Waals surface area contributed by atoms with E-state index in [-0.39, 0.29) is 48.1 Å². The van der Waals surface area contributed by atoms with Crippen LogP contribution in [0.15, 0.2) is 34.3 Å². The number of amidine groups is 1. The first-order valence-electron chi connectivity index (χ1n) is 13.3. The number of benzene rings is 1. The molecular formula is C26H38ClN5O5S2. The van der Waals surface area contributed by atoms with Gasteiger partial charge in [0.25, 0.3) is 0 Å². The fourth-order valence-corrected chi connectivity index (χ4v) is 7.67. The number of thioether (sulfide) groups is 1. The molecular weight excluding hydrogens is 562 g/mol. The Morgan fingerprint density at radius 3 is 2.23 bits per heavy atom. The van der Waals surface area contributed by atoms with Gasteiger partial charge < -0.3 is 10.2 Å². The summed E-state index contributed by atoms with van der Waals surface area (Å²) in [6.45, 7) is 3.11. The third kappa shape index (κ3) is 7.74. The first kappa shape index (κ1) is 31.4. The molecule has 1 saturated carbocycles. The van der Waals surface area contributed by atoms with Crippen LogP contribution < -0.4 is 10.7 Å². The number of rotatable bonds is 8. The van der Waals surface area contributed by atoms with E-state index in [0.717, 1.165) is 50.0 Å². The summed E-state index contributed by atoms with van der Waals surface area (Å²) in [4.78, 5) is 41.4. The van der Waals surface area contributed by atoms with Gasteiger partial charge in [-0.25, -0.2) is 13.8 Å². The average Bonchev–Trinajstić information content (AvgIpc) is 3.35. The zero-order valence-electron chi connectivity index (χ0n) is 22.4. The lowest BCUT2D eigenvalue weighted by Gasteiger charge is -2.35. The highest BCUT2D eigenvalue weighted by Gasteiger charge is 2.39. The molecule has 2 heterocycles. The Labute approximate surface area is 241 Å². The number of ketones is 1. The Morgan fingerprint density at radius 1 is 1.00 bits per heavy atom. The molecule has 1 unspecified atom stereocenters. The number of sulfonamides is 1. The van der Waals surface area contributed by atoms with Gasteiger partial charge in [-0.2, -0.15) is 4.31 Å². The van der Waals surface area contributed by atoms with Gasteiger partial charge in [0.05, 0.1) is 4.90 Å². The summed E-state index contributed by atoms with van der Waals surface area (Å²) in [7, 11) is -1.81. The van der Waals surface area contributed by atoms with Crippen molar-refractivity contribution in [1.29, 1.82) is 0 Å². The molecule has 3 aliphatic rings. The van der Waals surface area contributed by atoms with Gasteiger partial charge in [0.2, 0.25) is 21.7 Å². The van der Waals surface area contributed by atoms with Crippen LogP contribution in [0.2, 0.25) is 0 Å². The zero-order chi connectivity index (χ0) is 27.3. The Morgan fingerprint density at radius 2 is 1.64 bits per heavy atom. The Kier molecular flexibility index (Phi) is 11.2. The van der Waals surface area contributed by atoms with Gasteiger partial charge in [0.15, 0.2) is 5.17 Å². The minimum Gasteiger partial charge on any atom is -0.352 e. The lowest BCUT2D eigenvalue weighted by atomic mass is 9.85. The van der Waals surface area contributed by atoms with Crippen LogP contribution >= 0.6 is 24.2 Å². The molecule has 10 nitrogen and oxygen atoms in total. The van der Waals surface area contributed by atoms with Gasteiger partial charge in [0, 0.05) is 38.4 Å². The van der Waals surface area contributed by atoms with Crippen molar-refractivity contribution in [1.82, 2.24) is 19.9 Å². The summed E-state index contributed by atoms with van der Waals surface area (Å²) >= 11 is 1.49. The SMILES string of the molecule is Cc1ccc(S(=O)(=O)N2CCC(C(NC(=O)C3CCCCC3)C(=O)C(=O)N/N=C3\SCCN3C)CC2)cc1.Cl. The van der Waals surface area contributed by atoms with Gasteiger partial charge >= 0.3 is 5.91 Å². The highest BCUT2D eigenvalue weighted by Crippen LogP contribution is 2.28. The molecule has 0 radical (unpaired) electrons. The molecule has 1 aromatic carbocycles. The van der Waals surface area contributed by atoms with Crippen molar-refractivity contribution in [2.75, 3.05) is 32.4 Å². The standard InChI is InChI=1S/C26H37N5O5S2.ClH/c1-18-8-10-21(11-9-18)38(35,36)31-14-12-19(13-15-31)22(27-24(33)20-6-4-3-5-7-20)23(32)25(34)28-29-26-30(2)16-17-37-26;/h8-11,19-20,22H,3-7,12-17H2,1-2H3,(H,27,33)(H,28,34);1H/b29-26-;. The van der Waals surface area contributed by atoms with Crippen molar-refractivity contribution in [3.05, 3.63) is 29.8 Å². The predicted octanol–water partition coefficient (Wildman–Crippen LogP) is 2.52. The van der Waals surface area contributed by atoms with E-state index < -0.39 is 27.8 Å². The highest BCUT2D eigenvalue weighted by molar-refractivity contribution is 8.14. The van der Waals surface area contributed by atoms with Crippen LogP contribution in [0, 0.1) is 18.8 Å². The van der Waals surface area contributed by atoms with Crippen molar-refractivity contribution in [2.24, 2.45) is 16.9 Å². The molecule has 0 bridgehead atoms. The second kappa shape index (κ2) is 14.0. The van der Waals surface area contributed by atoms with Crippen molar-refractivity contribution in [3.63, 3.8) is 0 Å². The second-order valence-corrected chi connectivity index (χ2v) is 13.3. The van der Waals surface area contributed by atoms with Gasteiger partial charge in [-0.3, -0.25) is 14.4 Å². The molecule has 1 atom stereocenters. The third-order valence-electron chi connectivity index (χ3n) is 7.65. The molecule has 1 aromatic rings. The number of nitrogens with zero attached hydrogens (tertiary/aromatic N) is 3. The van der Waals surface area contributed by atoms with Crippen LogP contribution in [-0.4, -0.2) is 78.9 Å². The maximum atomic E-state index is 13.3. The molecule has 2 saturated heterocycles. The molecule has 0 aromatic heterocycles. The molecule has 216 valence electrons. The van der Waals surface area contributed by atoms with Crippen LogP contribution in [0.25, 0.3) is 0 Å². The number of Topliss-reactive ketones (excluding diaryl/α,β-unsaturated/α-hetero) is 1. The van der Waals surface area contributed by atoms with E-state index in [1.165, 1.54) is 16.1 Å². The summed E-state index contributed by atoms with van der Waals surface area (Å²) in [6.07, 6.45) is 5.27. The van der Waals surface area contributed by atoms with E-state index >= 15 is 0 Å². The van der Waals surface area contributed by atoms with Crippen molar-refractivity contribution in [3.8, 4) is 0 Å². The van der Waals surface area contributed by atoms with E-state index in [4.69, 9.17) is 0 Å². The molecule has 2 aliphatic heterocycles. The summed E-state index contributed by atoms with van der Waals surface area (Å²) < 4.78 is 27.7. The Balaban J connectivity index is 0.00000420. The zero-order valence-corrected chi connectivity index (χ0v) is 24.9.